The Balaban J connectivity index is 3.87. The van der Waals surface area contributed by atoms with E-state index >= 15 is 0 Å². The Hall–Kier alpha value is -0.570. The highest BCUT2D eigenvalue weighted by atomic mass is 16.4. The molecule has 12 heavy (non-hydrogen) atoms. The van der Waals surface area contributed by atoms with E-state index in [0.717, 1.165) is 25.7 Å². The van der Waals surface area contributed by atoms with Crippen LogP contribution in [-0.2, 0) is 4.79 Å². The van der Waals surface area contributed by atoms with Crippen LogP contribution in [0, 0.1) is 5.92 Å². The van der Waals surface area contributed by atoms with Crippen molar-refractivity contribution in [2.45, 2.75) is 45.6 Å². The molecule has 0 aliphatic heterocycles. The molecule has 0 fully saturated rings. The topological polar surface area (TPSA) is 63.3 Å². The molecule has 1 unspecified atom stereocenters. The van der Waals surface area contributed by atoms with Crippen LogP contribution < -0.4 is 5.73 Å². The van der Waals surface area contributed by atoms with Crippen molar-refractivity contribution in [1.82, 2.24) is 0 Å². The van der Waals surface area contributed by atoms with Gasteiger partial charge in [-0.05, 0) is 12.3 Å². The molecule has 0 aromatic heterocycles. The van der Waals surface area contributed by atoms with Gasteiger partial charge in [0, 0.05) is 0 Å². The Labute approximate surface area is 74.0 Å². The molecule has 0 bridgehead atoms. The normalized spacial score (nSPS) is 15.6. The fraction of sp³-hybridized carbons (Fsp3) is 0.889. The summed E-state index contributed by atoms with van der Waals surface area (Å²) in [6, 6.07) is -0.679. The van der Waals surface area contributed by atoms with Gasteiger partial charge in [0.1, 0.15) is 6.04 Å². The van der Waals surface area contributed by atoms with Gasteiger partial charge >= 0.3 is 5.97 Å². The number of hydrogen-bond donors (Lipinski definition) is 2. The fourth-order valence-electron chi connectivity index (χ4n) is 1.31. The van der Waals surface area contributed by atoms with E-state index in [9.17, 15) is 4.79 Å². The monoisotopic (exact) mass is 173 g/mol. The molecular formula is C9H19NO2. The maximum absolute atomic E-state index is 10.5. The molecule has 0 amide bonds. The third-order valence-electron chi connectivity index (χ3n) is 2.25. The second kappa shape index (κ2) is 6.00. The molecule has 0 aromatic rings. The van der Waals surface area contributed by atoms with Crippen LogP contribution in [0.4, 0.5) is 0 Å². The molecule has 0 spiro atoms. The Morgan fingerprint density at radius 3 is 2.42 bits per heavy atom. The minimum absolute atomic E-state index is 0.141. The first kappa shape index (κ1) is 11.4. The zero-order chi connectivity index (χ0) is 9.56. The lowest BCUT2D eigenvalue weighted by Crippen LogP contribution is -2.37. The van der Waals surface area contributed by atoms with Crippen molar-refractivity contribution in [3.63, 3.8) is 0 Å². The quantitative estimate of drug-likeness (QED) is 0.641. The number of unbranched alkanes of at least 4 members (excludes halogenated alkanes) is 1. The van der Waals surface area contributed by atoms with Gasteiger partial charge in [0.25, 0.3) is 0 Å². The van der Waals surface area contributed by atoms with E-state index in [1.54, 1.807) is 0 Å². The van der Waals surface area contributed by atoms with Crippen molar-refractivity contribution in [3.8, 4) is 0 Å². The van der Waals surface area contributed by atoms with E-state index in [0.29, 0.717) is 0 Å². The molecular weight excluding hydrogens is 154 g/mol. The lowest BCUT2D eigenvalue weighted by molar-refractivity contribution is -0.140. The maximum Gasteiger partial charge on any atom is 0.320 e. The number of nitrogens with two attached hydrogens (primary N) is 1. The van der Waals surface area contributed by atoms with Gasteiger partial charge in [0.2, 0.25) is 0 Å². The molecule has 0 aliphatic carbocycles. The summed E-state index contributed by atoms with van der Waals surface area (Å²) in [5, 5.41) is 8.66. The number of carbonyl (C=O) groups is 1. The van der Waals surface area contributed by atoms with Crippen LogP contribution in [0.25, 0.3) is 0 Å². The summed E-state index contributed by atoms with van der Waals surface area (Å²) in [6.45, 7) is 4.09. The average Bonchev–Trinajstić information content (AvgIpc) is 2.05. The molecule has 0 aromatic carbocycles. The second-order valence-corrected chi connectivity index (χ2v) is 3.17. The molecule has 3 heteroatoms. The Morgan fingerprint density at radius 2 is 2.08 bits per heavy atom. The standard InChI is InChI=1S/C9H19NO2/c1-3-5-6-7(4-2)8(10)9(11)12/h7-8H,3-6,10H2,1-2H3,(H,11,12)/t7?,8-/m1/s1. The number of carboxylic acids is 1. The van der Waals surface area contributed by atoms with E-state index in [1.807, 2.05) is 6.92 Å². The van der Waals surface area contributed by atoms with Gasteiger partial charge in [-0.1, -0.05) is 33.1 Å². The highest BCUT2D eigenvalue weighted by molar-refractivity contribution is 5.73. The van der Waals surface area contributed by atoms with Crippen LogP contribution in [0.5, 0.6) is 0 Å². The number of hydrogen-bond acceptors (Lipinski definition) is 2. The molecule has 3 N–H and O–H groups in total. The predicted octanol–water partition coefficient (Wildman–Crippen LogP) is 1.61. The third-order valence-corrected chi connectivity index (χ3v) is 2.25. The highest BCUT2D eigenvalue weighted by Gasteiger charge is 2.21. The lowest BCUT2D eigenvalue weighted by Gasteiger charge is -2.18. The lowest BCUT2D eigenvalue weighted by atomic mass is 9.92. The number of aliphatic carboxylic acids is 1. The largest absolute Gasteiger partial charge is 0.480 e. The maximum atomic E-state index is 10.5. The summed E-state index contributed by atoms with van der Waals surface area (Å²) in [6.07, 6.45) is 3.95. The van der Waals surface area contributed by atoms with Crippen molar-refractivity contribution < 1.29 is 9.90 Å². The van der Waals surface area contributed by atoms with E-state index in [-0.39, 0.29) is 5.92 Å². The minimum atomic E-state index is -0.877. The second-order valence-electron chi connectivity index (χ2n) is 3.17. The fourth-order valence-corrected chi connectivity index (χ4v) is 1.31. The SMILES string of the molecule is CCCCC(CC)[C@@H](N)C(=O)O. The molecule has 0 aliphatic rings. The first-order valence-corrected chi connectivity index (χ1v) is 4.61. The van der Waals surface area contributed by atoms with Gasteiger partial charge < -0.3 is 10.8 Å². The van der Waals surface area contributed by atoms with Gasteiger partial charge in [-0.25, -0.2) is 0 Å². The molecule has 2 atom stereocenters. The van der Waals surface area contributed by atoms with Gasteiger partial charge in [0.05, 0.1) is 0 Å². The Bertz CT molecular complexity index is 136. The summed E-state index contributed by atoms with van der Waals surface area (Å²) in [7, 11) is 0. The molecule has 72 valence electrons. The zero-order valence-electron chi connectivity index (χ0n) is 7.92. The van der Waals surface area contributed by atoms with Gasteiger partial charge in [0.15, 0.2) is 0 Å². The number of carboxylic acid groups (broad SMARTS) is 1. The molecule has 0 saturated heterocycles. The third kappa shape index (κ3) is 3.72. The van der Waals surface area contributed by atoms with Crippen LogP contribution in [-0.4, -0.2) is 17.1 Å². The molecule has 3 nitrogen and oxygen atoms in total. The van der Waals surface area contributed by atoms with Gasteiger partial charge in [-0.15, -0.1) is 0 Å². The molecule has 0 rings (SSSR count). The highest BCUT2D eigenvalue weighted by Crippen LogP contribution is 2.15. The predicted molar refractivity (Wildman–Crippen MR) is 48.9 cm³/mol. The van der Waals surface area contributed by atoms with Gasteiger partial charge in [-0.3, -0.25) is 4.79 Å². The smallest absolute Gasteiger partial charge is 0.320 e. The van der Waals surface area contributed by atoms with Crippen LogP contribution in [0.3, 0.4) is 0 Å². The minimum Gasteiger partial charge on any atom is -0.480 e. The van der Waals surface area contributed by atoms with E-state index in [1.165, 1.54) is 0 Å². The first-order chi connectivity index (χ1) is 5.63. The van der Waals surface area contributed by atoms with Crippen molar-refractivity contribution in [1.29, 1.82) is 0 Å². The average molecular weight is 173 g/mol. The Kier molecular flexibility index (Phi) is 5.72. The molecule has 0 radical (unpaired) electrons. The van der Waals surface area contributed by atoms with Crippen molar-refractivity contribution in [3.05, 3.63) is 0 Å². The summed E-state index contributed by atoms with van der Waals surface area (Å²) in [5.41, 5.74) is 5.51. The van der Waals surface area contributed by atoms with Crippen LogP contribution in [0.2, 0.25) is 0 Å². The van der Waals surface area contributed by atoms with E-state index in [2.05, 4.69) is 6.92 Å². The summed E-state index contributed by atoms with van der Waals surface area (Å²) in [4.78, 5) is 10.5. The first-order valence-electron chi connectivity index (χ1n) is 4.61. The van der Waals surface area contributed by atoms with Crippen LogP contribution >= 0.6 is 0 Å². The van der Waals surface area contributed by atoms with Gasteiger partial charge in [-0.2, -0.15) is 0 Å². The summed E-state index contributed by atoms with van der Waals surface area (Å²) < 4.78 is 0. The molecule has 0 saturated carbocycles. The van der Waals surface area contributed by atoms with Crippen molar-refractivity contribution in [2.75, 3.05) is 0 Å². The molecule has 0 heterocycles. The van der Waals surface area contributed by atoms with E-state index < -0.39 is 12.0 Å². The van der Waals surface area contributed by atoms with Crippen molar-refractivity contribution >= 4 is 5.97 Å². The number of rotatable bonds is 6. The van der Waals surface area contributed by atoms with Crippen LogP contribution in [0.15, 0.2) is 0 Å². The zero-order valence-corrected chi connectivity index (χ0v) is 7.92. The van der Waals surface area contributed by atoms with E-state index in [4.69, 9.17) is 10.8 Å². The summed E-state index contributed by atoms with van der Waals surface area (Å²) >= 11 is 0. The van der Waals surface area contributed by atoms with Crippen LogP contribution in [0.1, 0.15) is 39.5 Å². The summed E-state index contributed by atoms with van der Waals surface area (Å²) in [5.74, 6) is -0.736. The van der Waals surface area contributed by atoms with Crippen molar-refractivity contribution in [2.24, 2.45) is 11.7 Å². The Morgan fingerprint density at radius 1 is 1.50 bits per heavy atom.